The molecule has 0 unspecified atom stereocenters. The summed E-state index contributed by atoms with van der Waals surface area (Å²) in [5.74, 6) is -2.78. The van der Waals surface area contributed by atoms with Crippen LogP contribution in [-0.4, -0.2) is 19.7 Å². The maximum absolute atomic E-state index is 14.2. The van der Waals surface area contributed by atoms with Gasteiger partial charge in [-0.15, -0.1) is 0 Å². The van der Waals surface area contributed by atoms with Crippen molar-refractivity contribution >= 4 is 9.84 Å². The van der Waals surface area contributed by atoms with Gasteiger partial charge in [0.15, 0.2) is 9.84 Å². The highest BCUT2D eigenvalue weighted by Gasteiger charge is 2.22. The van der Waals surface area contributed by atoms with Gasteiger partial charge in [0, 0.05) is 24.2 Å². The zero-order chi connectivity index (χ0) is 19.1. The fourth-order valence-corrected chi connectivity index (χ4v) is 3.53. The number of sulfone groups is 1. The van der Waals surface area contributed by atoms with Crippen LogP contribution in [0.4, 0.5) is 13.2 Å². The molecule has 0 spiro atoms. The molecule has 3 nitrogen and oxygen atoms in total. The lowest BCUT2D eigenvalue weighted by atomic mass is 9.95. The zero-order valence-corrected chi connectivity index (χ0v) is 14.7. The molecular formula is C19H14F3NO2S. The number of pyridine rings is 1. The van der Waals surface area contributed by atoms with E-state index in [0.29, 0.717) is 22.3 Å². The highest BCUT2D eigenvalue weighted by molar-refractivity contribution is 7.90. The zero-order valence-electron chi connectivity index (χ0n) is 13.9. The van der Waals surface area contributed by atoms with Crippen LogP contribution in [0, 0.1) is 24.4 Å². The van der Waals surface area contributed by atoms with Gasteiger partial charge in [-0.3, -0.25) is 4.98 Å². The summed E-state index contributed by atoms with van der Waals surface area (Å²) in [4.78, 5) is 2.98. The molecule has 1 heterocycles. The molecule has 134 valence electrons. The number of nitrogens with zero attached hydrogens (tertiary/aromatic N) is 1. The monoisotopic (exact) mass is 377 g/mol. The Kier molecular flexibility index (Phi) is 4.58. The van der Waals surface area contributed by atoms with E-state index >= 15 is 0 Å². The molecule has 0 saturated heterocycles. The van der Waals surface area contributed by atoms with Gasteiger partial charge in [-0.05, 0) is 53.4 Å². The second kappa shape index (κ2) is 6.57. The van der Waals surface area contributed by atoms with Gasteiger partial charge in [0.1, 0.15) is 22.3 Å². The van der Waals surface area contributed by atoms with E-state index in [9.17, 15) is 21.6 Å². The molecule has 26 heavy (non-hydrogen) atoms. The lowest BCUT2D eigenvalue weighted by molar-refractivity contribution is 0.522. The van der Waals surface area contributed by atoms with Crippen LogP contribution in [0.25, 0.3) is 22.3 Å². The smallest absolute Gasteiger partial charge is 0.181 e. The first-order valence-corrected chi connectivity index (χ1v) is 9.47. The van der Waals surface area contributed by atoms with Crippen LogP contribution < -0.4 is 0 Å². The third-order valence-corrected chi connectivity index (χ3v) is 5.12. The van der Waals surface area contributed by atoms with E-state index in [4.69, 9.17) is 0 Å². The van der Waals surface area contributed by atoms with Crippen molar-refractivity contribution in [2.75, 3.05) is 6.26 Å². The summed E-state index contributed by atoms with van der Waals surface area (Å²) >= 11 is 0. The van der Waals surface area contributed by atoms with Crippen LogP contribution in [0.15, 0.2) is 53.7 Å². The van der Waals surface area contributed by atoms with Crippen molar-refractivity contribution in [3.8, 4) is 22.3 Å². The number of hydrogen-bond donors (Lipinski definition) is 0. The summed E-state index contributed by atoms with van der Waals surface area (Å²) in [6, 6.07) is 8.08. The molecule has 0 saturated carbocycles. The maximum Gasteiger partial charge on any atom is 0.181 e. The van der Waals surface area contributed by atoms with Crippen molar-refractivity contribution in [1.29, 1.82) is 0 Å². The summed E-state index contributed by atoms with van der Waals surface area (Å²) in [6.45, 7) is 1.63. The first kappa shape index (κ1) is 18.1. The van der Waals surface area contributed by atoms with Crippen LogP contribution in [0.2, 0.25) is 0 Å². The van der Waals surface area contributed by atoms with E-state index in [1.165, 1.54) is 18.5 Å². The minimum atomic E-state index is -4.05. The first-order chi connectivity index (χ1) is 12.2. The number of aryl methyl sites for hydroxylation is 1. The number of rotatable bonds is 3. The summed E-state index contributed by atoms with van der Waals surface area (Å²) < 4.78 is 65.5. The van der Waals surface area contributed by atoms with Gasteiger partial charge >= 0.3 is 0 Å². The van der Waals surface area contributed by atoms with Crippen LogP contribution in [0.1, 0.15) is 5.56 Å². The third kappa shape index (κ3) is 3.35. The molecular weight excluding hydrogens is 363 g/mol. The Morgan fingerprint density at radius 3 is 2.04 bits per heavy atom. The minimum absolute atomic E-state index is 0.108. The highest BCUT2D eigenvalue weighted by atomic mass is 32.2. The molecule has 0 atom stereocenters. The topological polar surface area (TPSA) is 47.0 Å². The van der Waals surface area contributed by atoms with Gasteiger partial charge in [0.05, 0.1) is 0 Å². The lowest BCUT2D eigenvalue weighted by Crippen LogP contribution is -2.05. The van der Waals surface area contributed by atoms with E-state index < -0.39 is 32.2 Å². The third-order valence-electron chi connectivity index (χ3n) is 3.98. The van der Waals surface area contributed by atoms with Gasteiger partial charge < -0.3 is 0 Å². The fraction of sp³-hybridized carbons (Fsp3) is 0.105. The number of hydrogen-bond acceptors (Lipinski definition) is 3. The fourth-order valence-electron chi connectivity index (χ4n) is 2.71. The summed E-state index contributed by atoms with van der Waals surface area (Å²) in [5, 5.41) is 0. The SMILES string of the molecule is Cc1ccc(-c2ccncc2-c2cc(F)c(S(C)(=O)=O)c(F)c2)cc1F. The molecule has 3 aromatic rings. The van der Waals surface area contributed by atoms with Gasteiger partial charge in [0.25, 0.3) is 0 Å². The normalized spacial score (nSPS) is 11.6. The molecule has 2 aromatic carbocycles. The van der Waals surface area contributed by atoms with E-state index in [1.807, 2.05) is 0 Å². The van der Waals surface area contributed by atoms with E-state index in [-0.39, 0.29) is 5.56 Å². The van der Waals surface area contributed by atoms with Crippen LogP contribution in [0.3, 0.4) is 0 Å². The van der Waals surface area contributed by atoms with Crippen molar-refractivity contribution < 1.29 is 21.6 Å². The average Bonchev–Trinajstić information content (AvgIpc) is 2.55. The second-order valence-corrected chi connectivity index (χ2v) is 7.88. The predicted octanol–water partition coefficient (Wildman–Crippen LogP) is 4.54. The standard InChI is InChI=1S/C19H14F3NO2S/c1-11-3-4-12(7-16(11)20)14-5-6-23-10-15(14)13-8-17(21)19(18(22)9-13)26(2,24)25/h3-10H,1-2H3. The van der Waals surface area contributed by atoms with Crippen molar-refractivity contribution in [2.45, 2.75) is 11.8 Å². The summed E-state index contributed by atoms with van der Waals surface area (Å²) in [6.07, 6.45) is 3.61. The maximum atomic E-state index is 14.2. The Morgan fingerprint density at radius 2 is 1.46 bits per heavy atom. The number of aromatic nitrogens is 1. The quantitative estimate of drug-likeness (QED) is 0.673. The molecule has 0 amide bonds. The molecule has 3 rings (SSSR count). The predicted molar refractivity (Wildman–Crippen MR) is 92.8 cm³/mol. The van der Waals surface area contributed by atoms with E-state index in [2.05, 4.69) is 4.98 Å². The number of benzene rings is 2. The van der Waals surface area contributed by atoms with Gasteiger partial charge in [-0.25, -0.2) is 21.6 Å². The Balaban J connectivity index is 2.22. The molecule has 0 fully saturated rings. The average molecular weight is 377 g/mol. The van der Waals surface area contributed by atoms with Gasteiger partial charge in [0.2, 0.25) is 0 Å². The van der Waals surface area contributed by atoms with Crippen LogP contribution in [-0.2, 0) is 9.84 Å². The molecule has 0 aliphatic rings. The molecule has 0 aliphatic heterocycles. The van der Waals surface area contributed by atoms with Crippen LogP contribution in [0.5, 0.6) is 0 Å². The number of halogens is 3. The molecule has 1 aromatic heterocycles. The highest BCUT2D eigenvalue weighted by Crippen LogP contribution is 2.34. The van der Waals surface area contributed by atoms with E-state index in [1.54, 1.807) is 25.1 Å². The first-order valence-electron chi connectivity index (χ1n) is 7.58. The van der Waals surface area contributed by atoms with Crippen molar-refractivity contribution in [1.82, 2.24) is 4.98 Å². The lowest BCUT2D eigenvalue weighted by Gasteiger charge is -2.12. The molecule has 0 aliphatic carbocycles. The van der Waals surface area contributed by atoms with E-state index in [0.717, 1.165) is 18.4 Å². The molecule has 0 N–H and O–H groups in total. The summed E-state index contributed by atoms with van der Waals surface area (Å²) in [7, 11) is -4.05. The Morgan fingerprint density at radius 1 is 0.846 bits per heavy atom. The van der Waals surface area contributed by atoms with Crippen molar-refractivity contribution in [3.05, 3.63) is 71.8 Å². The molecule has 0 bridgehead atoms. The Hall–Kier alpha value is -2.67. The van der Waals surface area contributed by atoms with Crippen molar-refractivity contribution in [2.24, 2.45) is 0 Å². The molecule has 7 heteroatoms. The van der Waals surface area contributed by atoms with Crippen LogP contribution >= 0.6 is 0 Å². The Bertz CT molecular complexity index is 1090. The largest absolute Gasteiger partial charge is 0.264 e. The second-order valence-electron chi connectivity index (χ2n) is 5.93. The Labute approximate surface area is 149 Å². The molecule has 0 radical (unpaired) electrons. The summed E-state index contributed by atoms with van der Waals surface area (Å²) in [5.41, 5.74) is 1.97. The van der Waals surface area contributed by atoms with Gasteiger partial charge in [-0.1, -0.05) is 12.1 Å². The minimum Gasteiger partial charge on any atom is -0.264 e. The van der Waals surface area contributed by atoms with Gasteiger partial charge in [-0.2, -0.15) is 0 Å². The van der Waals surface area contributed by atoms with Crippen molar-refractivity contribution in [3.63, 3.8) is 0 Å².